The highest BCUT2D eigenvalue weighted by Gasteiger charge is 2.20. The summed E-state index contributed by atoms with van der Waals surface area (Å²) < 4.78 is 13.8. The molecule has 0 unspecified atom stereocenters. The van der Waals surface area contributed by atoms with Gasteiger partial charge in [0.05, 0.1) is 16.6 Å². The molecular formula is C21H15Cl2FN2O3. The molecule has 0 saturated heterocycles. The maximum atomic E-state index is 13.8. The van der Waals surface area contributed by atoms with E-state index in [0.717, 1.165) is 0 Å². The Hall–Kier alpha value is -2.93. The van der Waals surface area contributed by atoms with Crippen LogP contribution in [0.1, 0.15) is 26.3 Å². The van der Waals surface area contributed by atoms with Crippen molar-refractivity contribution in [2.45, 2.75) is 6.54 Å². The Kier molecular flexibility index (Phi) is 6.49. The van der Waals surface area contributed by atoms with Gasteiger partial charge in [-0.15, -0.1) is 0 Å². The number of halogens is 3. The van der Waals surface area contributed by atoms with Crippen LogP contribution < -0.4 is 10.4 Å². The molecular weight excluding hydrogens is 418 g/mol. The Morgan fingerprint density at radius 2 is 1.62 bits per heavy atom. The van der Waals surface area contributed by atoms with Crippen molar-refractivity contribution in [3.8, 4) is 0 Å². The smallest absolute Gasteiger partial charge is 0.274 e. The highest BCUT2D eigenvalue weighted by molar-refractivity contribution is 6.42. The van der Waals surface area contributed by atoms with E-state index in [1.54, 1.807) is 23.7 Å². The SMILES string of the molecule is O=C(NO)c1ccc(CN(C(=O)c2ccc(Cl)c(Cl)c2)c2cccc(F)c2)cc1. The van der Waals surface area contributed by atoms with Crippen LogP contribution in [0.25, 0.3) is 0 Å². The molecule has 29 heavy (non-hydrogen) atoms. The number of hydrogen-bond donors (Lipinski definition) is 2. The molecule has 3 aromatic rings. The van der Waals surface area contributed by atoms with Crippen LogP contribution in [0.15, 0.2) is 66.7 Å². The zero-order chi connectivity index (χ0) is 21.0. The summed E-state index contributed by atoms with van der Waals surface area (Å²) in [6, 6.07) is 16.5. The van der Waals surface area contributed by atoms with Gasteiger partial charge in [0.1, 0.15) is 5.82 Å². The van der Waals surface area contributed by atoms with Gasteiger partial charge in [-0.2, -0.15) is 0 Å². The molecule has 0 fully saturated rings. The van der Waals surface area contributed by atoms with Crippen LogP contribution in [0.4, 0.5) is 10.1 Å². The quantitative estimate of drug-likeness (QED) is 0.435. The zero-order valence-electron chi connectivity index (χ0n) is 14.9. The van der Waals surface area contributed by atoms with E-state index in [0.29, 0.717) is 21.8 Å². The number of nitrogens with zero attached hydrogens (tertiary/aromatic N) is 1. The number of carbonyl (C=O) groups excluding carboxylic acids is 2. The Morgan fingerprint density at radius 1 is 0.931 bits per heavy atom. The van der Waals surface area contributed by atoms with Gasteiger partial charge in [0, 0.05) is 16.8 Å². The van der Waals surface area contributed by atoms with Gasteiger partial charge < -0.3 is 4.90 Å². The fourth-order valence-electron chi connectivity index (χ4n) is 2.72. The first-order valence-electron chi connectivity index (χ1n) is 8.45. The van der Waals surface area contributed by atoms with Crippen molar-refractivity contribution < 1.29 is 19.2 Å². The lowest BCUT2D eigenvalue weighted by atomic mass is 10.1. The molecule has 2 N–H and O–H groups in total. The minimum Gasteiger partial charge on any atom is -0.304 e. The molecule has 0 radical (unpaired) electrons. The zero-order valence-corrected chi connectivity index (χ0v) is 16.4. The number of hydrogen-bond acceptors (Lipinski definition) is 3. The van der Waals surface area contributed by atoms with Crippen LogP contribution in [0.3, 0.4) is 0 Å². The summed E-state index contributed by atoms with van der Waals surface area (Å²) in [7, 11) is 0. The first-order valence-corrected chi connectivity index (χ1v) is 9.20. The molecule has 8 heteroatoms. The lowest BCUT2D eigenvalue weighted by molar-refractivity contribution is 0.0706. The number of anilines is 1. The van der Waals surface area contributed by atoms with Gasteiger partial charge in [-0.25, -0.2) is 9.87 Å². The van der Waals surface area contributed by atoms with Gasteiger partial charge in [-0.1, -0.05) is 41.4 Å². The van der Waals surface area contributed by atoms with Gasteiger partial charge in [-0.3, -0.25) is 14.8 Å². The van der Waals surface area contributed by atoms with E-state index in [9.17, 15) is 14.0 Å². The standard InChI is InChI=1S/C21H15Cl2FN2O3/c22-18-9-8-15(10-19(18)23)21(28)26(17-3-1-2-16(24)11-17)12-13-4-6-14(7-5-13)20(27)25-29/h1-11,29H,12H2,(H,25,27). The summed E-state index contributed by atoms with van der Waals surface area (Å²) in [5, 5.41) is 9.26. The molecule has 0 aliphatic rings. The van der Waals surface area contributed by atoms with Gasteiger partial charge in [-0.05, 0) is 54.1 Å². The topological polar surface area (TPSA) is 69.6 Å². The summed E-state index contributed by atoms with van der Waals surface area (Å²) in [5.41, 5.74) is 3.15. The Labute approximate surface area is 176 Å². The van der Waals surface area contributed by atoms with Crippen molar-refractivity contribution in [1.29, 1.82) is 0 Å². The lowest BCUT2D eigenvalue weighted by Gasteiger charge is -2.23. The highest BCUT2D eigenvalue weighted by atomic mass is 35.5. The van der Waals surface area contributed by atoms with Crippen molar-refractivity contribution >= 4 is 40.7 Å². The second kappa shape index (κ2) is 9.05. The predicted molar refractivity (Wildman–Crippen MR) is 109 cm³/mol. The molecule has 3 aromatic carbocycles. The Bertz CT molecular complexity index is 1060. The van der Waals surface area contributed by atoms with E-state index in [4.69, 9.17) is 28.4 Å². The highest BCUT2D eigenvalue weighted by Crippen LogP contribution is 2.26. The van der Waals surface area contributed by atoms with Crippen molar-refractivity contribution in [1.82, 2.24) is 5.48 Å². The second-order valence-corrected chi connectivity index (χ2v) is 6.95. The molecule has 0 aliphatic carbocycles. The van der Waals surface area contributed by atoms with E-state index >= 15 is 0 Å². The van der Waals surface area contributed by atoms with Gasteiger partial charge in [0.2, 0.25) is 0 Å². The van der Waals surface area contributed by atoms with Crippen molar-refractivity contribution in [2.24, 2.45) is 0 Å². The summed E-state index contributed by atoms with van der Waals surface area (Å²) >= 11 is 12.0. The minimum atomic E-state index is -0.648. The van der Waals surface area contributed by atoms with Crippen LogP contribution >= 0.6 is 23.2 Å². The maximum absolute atomic E-state index is 13.8. The number of benzene rings is 3. The van der Waals surface area contributed by atoms with Gasteiger partial charge >= 0.3 is 0 Å². The summed E-state index contributed by atoms with van der Waals surface area (Å²) in [5.74, 6) is -1.53. The summed E-state index contributed by atoms with van der Waals surface area (Å²) in [6.07, 6.45) is 0. The molecule has 0 aromatic heterocycles. The lowest BCUT2D eigenvalue weighted by Crippen LogP contribution is -2.30. The molecule has 0 aliphatic heterocycles. The van der Waals surface area contributed by atoms with E-state index < -0.39 is 17.6 Å². The summed E-state index contributed by atoms with van der Waals surface area (Å²) in [4.78, 5) is 26.0. The number of nitrogens with one attached hydrogen (secondary N) is 1. The van der Waals surface area contributed by atoms with Crippen molar-refractivity contribution in [3.05, 3.63) is 99.3 Å². The average molecular weight is 433 g/mol. The second-order valence-electron chi connectivity index (χ2n) is 6.14. The van der Waals surface area contributed by atoms with Crippen LogP contribution in [0.2, 0.25) is 10.0 Å². The summed E-state index contributed by atoms with van der Waals surface area (Å²) in [6.45, 7) is 0.115. The molecule has 0 bridgehead atoms. The molecule has 0 heterocycles. The number of carbonyl (C=O) groups is 2. The number of rotatable bonds is 5. The van der Waals surface area contributed by atoms with Crippen LogP contribution in [0, 0.1) is 5.82 Å². The van der Waals surface area contributed by atoms with Crippen molar-refractivity contribution in [3.63, 3.8) is 0 Å². The van der Waals surface area contributed by atoms with Gasteiger partial charge in [0.25, 0.3) is 11.8 Å². The van der Waals surface area contributed by atoms with E-state index in [2.05, 4.69) is 0 Å². The van der Waals surface area contributed by atoms with E-state index in [1.165, 1.54) is 53.4 Å². The first-order chi connectivity index (χ1) is 13.9. The number of amides is 2. The molecule has 3 rings (SSSR count). The largest absolute Gasteiger partial charge is 0.304 e. The number of hydroxylamine groups is 1. The van der Waals surface area contributed by atoms with Crippen LogP contribution in [-0.4, -0.2) is 17.0 Å². The van der Waals surface area contributed by atoms with Crippen LogP contribution in [-0.2, 0) is 6.54 Å². The predicted octanol–water partition coefficient (Wildman–Crippen LogP) is 5.10. The first kappa shape index (κ1) is 20.8. The average Bonchev–Trinajstić information content (AvgIpc) is 2.73. The molecule has 0 atom stereocenters. The Morgan fingerprint density at radius 3 is 2.24 bits per heavy atom. The molecule has 5 nitrogen and oxygen atoms in total. The van der Waals surface area contributed by atoms with E-state index in [1.807, 2.05) is 0 Å². The third kappa shape index (κ3) is 4.92. The third-order valence-corrected chi connectivity index (χ3v) is 4.93. The molecule has 0 saturated carbocycles. The normalized spacial score (nSPS) is 10.5. The van der Waals surface area contributed by atoms with Crippen LogP contribution in [0.5, 0.6) is 0 Å². The third-order valence-electron chi connectivity index (χ3n) is 4.19. The molecule has 148 valence electrons. The fraction of sp³-hybridized carbons (Fsp3) is 0.0476. The monoisotopic (exact) mass is 432 g/mol. The molecule has 0 spiro atoms. The molecule has 2 amide bonds. The van der Waals surface area contributed by atoms with Gasteiger partial charge in [0.15, 0.2) is 0 Å². The minimum absolute atomic E-state index is 0.115. The van der Waals surface area contributed by atoms with Crippen molar-refractivity contribution in [2.75, 3.05) is 4.90 Å². The maximum Gasteiger partial charge on any atom is 0.274 e. The Balaban J connectivity index is 1.96. The van der Waals surface area contributed by atoms with E-state index in [-0.39, 0.29) is 17.1 Å². The fourth-order valence-corrected chi connectivity index (χ4v) is 3.02.